The lowest BCUT2D eigenvalue weighted by atomic mass is 10.2. The first-order chi connectivity index (χ1) is 13.9. The lowest BCUT2D eigenvalue weighted by Gasteiger charge is -2.23. The fourth-order valence-corrected chi connectivity index (χ4v) is 3.55. The molecule has 1 amide bonds. The first kappa shape index (κ1) is 24.9. The zero-order chi connectivity index (χ0) is 21.8. The highest BCUT2D eigenvalue weighted by atomic mass is 32.1. The Bertz CT molecular complexity index is 795. The van der Waals surface area contributed by atoms with Crippen molar-refractivity contribution in [1.82, 2.24) is 15.2 Å². The lowest BCUT2D eigenvalue weighted by Crippen LogP contribution is -2.28. The molecule has 0 aliphatic carbocycles. The van der Waals surface area contributed by atoms with Gasteiger partial charge in [0, 0.05) is 30.0 Å². The second kappa shape index (κ2) is 13.1. The predicted molar refractivity (Wildman–Crippen MR) is 125 cm³/mol. The number of aliphatic hydroxyl groups excluding tert-OH is 1. The van der Waals surface area contributed by atoms with Gasteiger partial charge in [0.05, 0.1) is 17.5 Å². The number of hydrogen-bond donors (Lipinski definition) is 3. The summed E-state index contributed by atoms with van der Waals surface area (Å²) in [6.07, 6.45) is 4.05. The molecule has 2 heterocycles. The quantitative estimate of drug-likeness (QED) is 0.470. The normalized spacial score (nSPS) is 12.7. The second-order valence-corrected chi connectivity index (χ2v) is 7.83. The second-order valence-electron chi connectivity index (χ2n) is 6.19. The van der Waals surface area contributed by atoms with E-state index in [1.807, 2.05) is 68.6 Å². The van der Waals surface area contributed by atoms with Gasteiger partial charge in [-0.2, -0.15) is 11.3 Å². The number of aliphatic hydroxyl groups is 1. The fraction of sp³-hybridized carbons (Fsp3) is 0.429. The van der Waals surface area contributed by atoms with E-state index in [0.29, 0.717) is 23.8 Å². The van der Waals surface area contributed by atoms with Gasteiger partial charge in [0.1, 0.15) is 5.69 Å². The number of hydrogen-bond acceptors (Lipinski definition) is 7. The third-order valence-corrected chi connectivity index (χ3v) is 5.38. The van der Waals surface area contributed by atoms with Gasteiger partial charge in [-0.25, -0.2) is 4.98 Å². The van der Waals surface area contributed by atoms with Crippen molar-refractivity contribution in [3.8, 4) is 0 Å². The Morgan fingerprint density at radius 2 is 2.10 bits per heavy atom. The van der Waals surface area contributed by atoms with E-state index in [1.54, 1.807) is 23.6 Å². The number of thiazole rings is 1. The number of amides is 1. The number of thiophene rings is 1. The predicted octanol–water partition coefficient (Wildman–Crippen LogP) is 5.21. The minimum absolute atomic E-state index is 0.249. The van der Waals surface area contributed by atoms with Crippen LogP contribution in [0.2, 0.25) is 0 Å². The van der Waals surface area contributed by atoms with E-state index in [-0.39, 0.29) is 12.0 Å². The van der Waals surface area contributed by atoms with Crippen LogP contribution in [0.25, 0.3) is 0 Å². The van der Waals surface area contributed by atoms with Gasteiger partial charge in [0.15, 0.2) is 5.13 Å². The number of carbonyl (C=O) groups is 1. The maximum Gasteiger partial charge on any atom is 0.275 e. The summed E-state index contributed by atoms with van der Waals surface area (Å²) in [5.41, 5.74) is 2.98. The number of nitrogens with one attached hydrogen (secondary N) is 2. The minimum atomic E-state index is -0.357. The van der Waals surface area contributed by atoms with Crippen LogP contribution in [0.1, 0.15) is 51.5 Å². The smallest absolute Gasteiger partial charge is 0.275 e. The molecular formula is C21H32N4O2S2. The van der Waals surface area contributed by atoms with Crippen LogP contribution in [0.4, 0.5) is 10.8 Å². The molecule has 0 aliphatic heterocycles. The van der Waals surface area contributed by atoms with E-state index >= 15 is 0 Å². The van der Waals surface area contributed by atoms with Crippen LogP contribution in [0.3, 0.4) is 0 Å². The molecule has 0 aromatic carbocycles. The van der Waals surface area contributed by atoms with Crippen molar-refractivity contribution >= 4 is 39.4 Å². The number of anilines is 2. The summed E-state index contributed by atoms with van der Waals surface area (Å²) in [7, 11) is 1.94. The van der Waals surface area contributed by atoms with E-state index in [4.69, 9.17) is 0 Å². The van der Waals surface area contributed by atoms with Crippen molar-refractivity contribution < 1.29 is 9.90 Å². The molecule has 29 heavy (non-hydrogen) atoms. The molecule has 0 spiro atoms. The van der Waals surface area contributed by atoms with Crippen molar-refractivity contribution in [2.75, 3.05) is 18.9 Å². The lowest BCUT2D eigenvalue weighted by molar-refractivity contribution is 0.0961. The summed E-state index contributed by atoms with van der Waals surface area (Å²) < 4.78 is 0. The van der Waals surface area contributed by atoms with Gasteiger partial charge in [0.25, 0.3) is 5.91 Å². The maximum absolute atomic E-state index is 12.6. The Morgan fingerprint density at radius 1 is 1.38 bits per heavy atom. The Kier molecular flexibility index (Phi) is 11.3. The molecule has 0 fully saturated rings. The number of allylic oxidation sites excluding steroid dienone is 3. The summed E-state index contributed by atoms with van der Waals surface area (Å²) in [5, 5.41) is 22.0. The van der Waals surface area contributed by atoms with Crippen molar-refractivity contribution in [3.05, 3.63) is 51.4 Å². The zero-order valence-corrected chi connectivity index (χ0v) is 19.7. The highest BCUT2D eigenvalue weighted by Crippen LogP contribution is 2.22. The monoisotopic (exact) mass is 436 g/mol. The van der Waals surface area contributed by atoms with Gasteiger partial charge in [-0.1, -0.05) is 19.9 Å². The van der Waals surface area contributed by atoms with E-state index in [0.717, 1.165) is 17.1 Å². The van der Waals surface area contributed by atoms with Gasteiger partial charge in [0.2, 0.25) is 0 Å². The van der Waals surface area contributed by atoms with Crippen LogP contribution in [0.15, 0.2) is 45.8 Å². The third-order valence-electron chi connectivity index (χ3n) is 3.94. The van der Waals surface area contributed by atoms with Crippen LogP contribution in [-0.2, 0) is 0 Å². The molecule has 0 radical (unpaired) electrons. The number of aromatic nitrogens is 1. The van der Waals surface area contributed by atoms with Crippen LogP contribution < -0.4 is 10.6 Å². The Morgan fingerprint density at radius 3 is 2.69 bits per heavy atom. The molecular weight excluding hydrogens is 404 g/mol. The molecule has 0 saturated carbocycles. The number of rotatable bonds is 9. The van der Waals surface area contributed by atoms with E-state index in [2.05, 4.69) is 15.6 Å². The Hall–Kier alpha value is -2.16. The van der Waals surface area contributed by atoms with Crippen molar-refractivity contribution in [3.63, 3.8) is 0 Å². The van der Waals surface area contributed by atoms with Gasteiger partial charge in [-0.15, -0.1) is 11.3 Å². The molecule has 2 rings (SSSR count). The third kappa shape index (κ3) is 8.39. The van der Waals surface area contributed by atoms with Crippen molar-refractivity contribution in [2.24, 2.45) is 0 Å². The van der Waals surface area contributed by atoms with Crippen LogP contribution in [0, 0.1) is 0 Å². The van der Waals surface area contributed by atoms with E-state index in [9.17, 15) is 9.90 Å². The summed E-state index contributed by atoms with van der Waals surface area (Å²) in [5.74, 6) is -0.249. The zero-order valence-electron chi connectivity index (χ0n) is 18.0. The summed E-state index contributed by atoms with van der Waals surface area (Å²) in [4.78, 5) is 19.0. The standard InChI is InChI=1S/C19H26N4O2S2.C2H6/c1-5-6-16(14(3)23(4)9-7-13(2)24)21-18(25)17-12-27-19(22-17)20-15-8-10-26-11-15;1-2/h5-6,8,10-13,24H,7,9H2,1-4H3,(H,20,22)(H,21,25);1-2H3/b6-5-,16-14-;. The molecule has 6 nitrogen and oxygen atoms in total. The first-order valence-electron chi connectivity index (χ1n) is 9.69. The summed E-state index contributed by atoms with van der Waals surface area (Å²) in [6, 6.07) is 1.96. The fourth-order valence-electron chi connectivity index (χ4n) is 2.25. The van der Waals surface area contributed by atoms with Crippen molar-refractivity contribution in [1.29, 1.82) is 0 Å². The van der Waals surface area contributed by atoms with Crippen LogP contribution in [-0.4, -0.2) is 40.6 Å². The summed E-state index contributed by atoms with van der Waals surface area (Å²) in [6.45, 7) is 10.3. The molecule has 3 N–H and O–H groups in total. The Labute approximate surface area is 182 Å². The molecule has 1 unspecified atom stereocenters. The van der Waals surface area contributed by atoms with Gasteiger partial charge >= 0.3 is 0 Å². The van der Waals surface area contributed by atoms with Gasteiger partial charge in [-0.05, 0) is 44.7 Å². The number of carbonyl (C=O) groups excluding carboxylic acids is 1. The van der Waals surface area contributed by atoms with Crippen LogP contribution in [0.5, 0.6) is 0 Å². The van der Waals surface area contributed by atoms with Gasteiger partial charge < -0.3 is 20.6 Å². The first-order valence-corrected chi connectivity index (χ1v) is 11.5. The average Bonchev–Trinajstić information content (AvgIpc) is 3.39. The highest BCUT2D eigenvalue weighted by Gasteiger charge is 2.14. The van der Waals surface area contributed by atoms with Crippen molar-refractivity contribution in [2.45, 2.75) is 47.1 Å². The van der Waals surface area contributed by atoms with Crippen LogP contribution >= 0.6 is 22.7 Å². The molecule has 0 saturated heterocycles. The maximum atomic E-state index is 12.6. The van der Waals surface area contributed by atoms with E-state index < -0.39 is 0 Å². The SMILES string of the molecule is C/C=C\C(NC(=O)c1csc(Nc2ccsc2)n1)=C(/C)N(C)CCC(C)O.CC. The number of nitrogens with zero attached hydrogens (tertiary/aromatic N) is 2. The molecule has 2 aromatic heterocycles. The largest absolute Gasteiger partial charge is 0.393 e. The van der Waals surface area contributed by atoms with Gasteiger partial charge in [-0.3, -0.25) is 4.79 Å². The Balaban J connectivity index is 0.00000204. The summed E-state index contributed by atoms with van der Waals surface area (Å²) >= 11 is 2.99. The molecule has 0 aliphatic rings. The molecule has 2 aromatic rings. The molecule has 8 heteroatoms. The molecule has 1 atom stereocenters. The topological polar surface area (TPSA) is 77.5 Å². The highest BCUT2D eigenvalue weighted by molar-refractivity contribution is 7.14. The minimum Gasteiger partial charge on any atom is -0.393 e. The molecule has 160 valence electrons. The average molecular weight is 437 g/mol. The van der Waals surface area contributed by atoms with E-state index in [1.165, 1.54) is 11.3 Å². The molecule has 0 bridgehead atoms.